The first-order chi connectivity index (χ1) is 11.0. The highest BCUT2D eigenvalue weighted by Crippen LogP contribution is 2.31. The molecule has 1 aliphatic heterocycles. The zero-order valence-electron chi connectivity index (χ0n) is 12.3. The first-order valence-electron chi connectivity index (χ1n) is 7.25. The molecule has 2 heterocycles. The number of benzene rings is 1. The summed E-state index contributed by atoms with van der Waals surface area (Å²) in [5.74, 6) is -3.08. The van der Waals surface area contributed by atoms with Gasteiger partial charge in [-0.3, -0.25) is 9.59 Å². The van der Waals surface area contributed by atoms with Gasteiger partial charge in [-0.15, -0.1) is 11.3 Å². The van der Waals surface area contributed by atoms with Crippen LogP contribution in [0.3, 0.4) is 0 Å². The Morgan fingerprint density at radius 2 is 1.83 bits per heavy atom. The largest absolute Gasteiger partial charge is 0.475 e. The summed E-state index contributed by atoms with van der Waals surface area (Å²) in [6.45, 7) is 1.66. The topological polar surface area (TPSA) is 74.7 Å². The highest BCUT2D eigenvalue weighted by molar-refractivity contribution is 7.18. The van der Waals surface area contributed by atoms with Crippen molar-refractivity contribution in [3.8, 4) is 0 Å². The number of ketones is 2. The summed E-state index contributed by atoms with van der Waals surface area (Å²) in [5, 5.41) is 9.54. The van der Waals surface area contributed by atoms with Gasteiger partial charge < -0.3 is 10.0 Å². The van der Waals surface area contributed by atoms with E-state index in [2.05, 4.69) is 17.0 Å². The average molecular weight is 329 g/mol. The molecule has 2 aromatic rings. The summed E-state index contributed by atoms with van der Waals surface area (Å²) in [7, 11) is 0. The quantitative estimate of drug-likeness (QED) is 0.518. The zero-order chi connectivity index (χ0) is 16.4. The van der Waals surface area contributed by atoms with Gasteiger partial charge in [0, 0.05) is 13.1 Å². The van der Waals surface area contributed by atoms with Crippen molar-refractivity contribution in [1.82, 2.24) is 0 Å². The van der Waals surface area contributed by atoms with Crippen LogP contribution in [-0.2, 0) is 22.6 Å². The number of rotatable bonds is 5. The van der Waals surface area contributed by atoms with Crippen LogP contribution in [0.4, 0.5) is 5.00 Å². The molecule has 0 unspecified atom stereocenters. The molecule has 1 aliphatic rings. The van der Waals surface area contributed by atoms with Gasteiger partial charge in [0.05, 0.1) is 16.3 Å². The van der Waals surface area contributed by atoms with Crippen LogP contribution >= 0.6 is 11.3 Å². The molecule has 0 saturated carbocycles. The van der Waals surface area contributed by atoms with Crippen LogP contribution in [0.2, 0.25) is 0 Å². The van der Waals surface area contributed by atoms with Crippen molar-refractivity contribution in [3.63, 3.8) is 0 Å². The molecule has 0 radical (unpaired) electrons. The number of carbonyl (C=O) groups is 3. The fraction of sp³-hybridized carbons (Fsp3) is 0.235. The molecule has 0 amide bonds. The Bertz CT molecular complexity index is 780. The third kappa shape index (κ3) is 3.32. The Labute approximate surface area is 137 Å². The minimum absolute atomic E-state index is 0.424. The van der Waals surface area contributed by atoms with E-state index in [0.717, 1.165) is 24.5 Å². The van der Waals surface area contributed by atoms with Crippen LogP contribution < -0.4 is 4.90 Å². The second-order valence-electron chi connectivity index (χ2n) is 5.41. The minimum Gasteiger partial charge on any atom is -0.475 e. The normalized spacial score (nSPS) is 13.5. The number of Topliss-reactive ketones (excluding diaryl/α,β-unsaturated/α-hetero) is 2. The molecule has 0 aliphatic carbocycles. The minimum atomic E-state index is -1.57. The zero-order valence-corrected chi connectivity index (χ0v) is 13.1. The molecule has 0 saturated heterocycles. The van der Waals surface area contributed by atoms with Crippen LogP contribution in [0.1, 0.15) is 27.2 Å². The van der Waals surface area contributed by atoms with Gasteiger partial charge in [0.2, 0.25) is 5.78 Å². The second kappa shape index (κ2) is 6.34. The number of anilines is 1. The van der Waals surface area contributed by atoms with Gasteiger partial charge in [0.15, 0.2) is 5.78 Å². The molecule has 1 aromatic carbocycles. The number of carboxylic acids is 1. The van der Waals surface area contributed by atoms with Crippen molar-refractivity contribution in [2.45, 2.75) is 19.4 Å². The van der Waals surface area contributed by atoms with E-state index in [0.29, 0.717) is 4.88 Å². The van der Waals surface area contributed by atoms with Gasteiger partial charge >= 0.3 is 5.97 Å². The number of thiophene rings is 1. The molecule has 0 bridgehead atoms. The lowest BCUT2D eigenvalue weighted by Crippen LogP contribution is -2.29. The number of hydrogen-bond acceptors (Lipinski definition) is 5. The van der Waals surface area contributed by atoms with Crippen LogP contribution in [0, 0.1) is 0 Å². The number of fused-ring (bicyclic) bond motifs is 1. The molecular formula is C17H15NO4S. The summed E-state index contributed by atoms with van der Waals surface area (Å²) in [5.41, 5.74) is 2.63. The predicted octanol–water partition coefficient (Wildman–Crippen LogP) is 2.54. The molecule has 6 heteroatoms. The fourth-order valence-electron chi connectivity index (χ4n) is 2.64. The molecule has 3 rings (SSSR count). The lowest BCUT2D eigenvalue weighted by Gasteiger charge is -2.29. The smallest absolute Gasteiger partial charge is 0.372 e. The Morgan fingerprint density at radius 3 is 2.57 bits per heavy atom. The van der Waals surface area contributed by atoms with E-state index in [9.17, 15) is 14.4 Å². The first-order valence-corrected chi connectivity index (χ1v) is 8.07. The van der Waals surface area contributed by atoms with E-state index in [1.807, 2.05) is 18.2 Å². The monoisotopic (exact) mass is 329 g/mol. The third-order valence-corrected chi connectivity index (χ3v) is 5.06. The Morgan fingerprint density at radius 1 is 1.09 bits per heavy atom. The van der Waals surface area contributed by atoms with E-state index in [4.69, 9.17) is 5.11 Å². The molecule has 5 nitrogen and oxygen atoms in total. The molecule has 0 fully saturated rings. The second-order valence-corrected chi connectivity index (χ2v) is 6.47. The summed E-state index contributed by atoms with van der Waals surface area (Å²) in [6, 6.07) is 11.8. The first kappa shape index (κ1) is 15.4. The summed E-state index contributed by atoms with van der Waals surface area (Å²) < 4.78 is 0. The van der Waals surface area contributed by atoms with Gasteiger partial charge in [-0.25, -0.2) is 4.79 Å². The lowest BCUT2D eigenvalue weighted by atomic mass is 10.0. The molecule has 1 aromatic heterocycles. The highest BCUT2D eigenvalue weighted by Gasteiger charge is 2.21. The maximum absolute atomic E-state index is 12.0. The van der Waals surface area contributed by atoms with E-state index < -0.39 is 24.0 Å². The van der Waals surface area contributed by atoms with Crippen molar-refractivity contribution < 1.29 is 19.5 Å². The predicted molar refractivity (Wildman–Crippen MR) is 87.1 cm³/mol. The molecule has 0 atom stereocenters. The molecular weight excluding hydrogens is 314 g/mol. The number of aliphatic carboxylic acids is 1. The number of carbonyl (C=O) groups excluding carboxylic acids is 2. The summed E-state index contributed by atoms with van der Waals surface area (Å²) in [6.07, 6.45) is 0.368. The van der Waals surface area contributed by atoms with Gasteiger partial charge in [0.25, 0.3) is 0 Å². The van der Waals surface area contributed by atoms with Gasteiger partial charge in [-0.05, 0) is 29.7 Å². The molecule has 1 N–H and O–H groups in total. The van der Waals surface area contributed by atoms with Crippen molar-refractivity contribution in [2.75, 3.05) is 11.4 Å². The van der Waals surface area contributed by atoms with Crippen LogP contribution in [-0.4, -0.2) is 29.2 Å². The molecule has 118 valence electrons. The van der Waals surface area contributed by atoms with Crippen molar-refractivity contribution >= 4 is 33.9 Å². The van der Waals surface area contributed by atoms with Crippen LogP contribution in [0.15, 0.2) is 36.4 Å². The van der Waals surface area contributed by atoms with Gasteiger partial charge in [-0.1, -0.05) is 24.3 Å². The number of nitrogens with zero attached hydrogens (tertiary/aromatic N) is 1. The van der Waals surface area contributed by atoms with Crippen molar-refractivity contribution in [1.29, 1.82) is 0 Å². The molecule has 23 heavy (non-hydrogen) atoms. The lowest BCUT2D eigenvalue weighted by molar-refractivity contribution is -0.148. The maximum atomic E-state index is 12.0. The third-order valence-electron chi connectivity index (χ3n) is 3.87. The van der Waals surface area contributed by atoms with E-state index in [1.165, 1.54) is 22.5 Å². The van der Waals surface area contributed by atoms with E-state index in [-0.39, 0.29) is 0 Å². The maximum Gasteiger partial charge on any atom is 0.372 e. The van der Waals surface area contributed by atoms with Gasteiger partial charge in [0.1, 0.15) is 0 Å². The van der Waals surface area contributed by atoms with Crippen molar-refractivity contribution in [2.24, 2.45) is 0 Å². The fourth-order valence-corrected chi connectivity index (χ4v) is 3.61. The van der Waals surface area contributed by atoms with Gasteiger partial charge in [-0.2, -0.15) is 0 Å². The van der Waals surface area contributed by atoms with Crippen molar-refractivity contribution in [3.05, 3.63) is 52.4 Å². The summed E-state index contributed by atoms with van der Waals surface area (Å²) >= 11 is 1.31. The number of hydrogen-bond donors (Lipinski definition) is 1. The SMILES string of the molecule is O=C(O)C(=O)CC(=O)c1ccc(N2CCc3ccccc3C2)s1. The number of carboxylic acid groups (broad SMARTS) is 1. The van der Waals surface area contributed by atoms with Crippen LogP contribution in [0.5, 0.6) is 0 Å². The van der Waals surface area contributed by atoms with E-state index in [1.54, 1.807) is 6.07 Å². The Balaban J connectivity index is 1.72. The molecule has 0 spiro atoms. The Hall–Kier alpha value is -2.47. The van der Waals surface area contributed by atoms with E-state index >= 15 is 0 Å². The average Bonchev–Trinajstić information content (AvgIpc) is 3.04. The Kier molecular flexibility index (Phi) is 4.25. The van der Waals surface area contributed by atoms with Crippen LogP contribution in [0.25, 0.3) is 0 Å². The highest BCUT2D eigenvalue weighted by atomic mass is 32.1. The summed E-state index contributed by atoms with van der Waals surface area (Å²) in [4.78, 5) is 36.3. The standard InChI is InChI=1S/C17H15NO4S/c19-13(9-14(20)17(21)22)15-5-6-16(23-15)18-8-7-11-3-1-2-4-12(11)10-18/h1-6H,7-10H2,(H,21,22).